The summed E-state index contributed by atoms with van der Waals surface area (Å²) in [6, 6.07) is 3.25. The van der Waals surface area contributed by atoms with Crippen LogP contribution in [0.15, 0.2) is 24.5 Å². The zero-order valence-corrected chi connectivity index (χ0v) is 12.3. The summed E-state index contributed by atoms with van der Waals surface area (Å²) in [6.45, 7) is 4.10. The van der Waals surface area contributed by atoms with Gasteiger partial charge in [0.25, 0.3) is 0 Å². The summed E-state index contributed by atoms with van der Waals surface area (Å²) in [5.41, 5.74) is 0.749. The molecule has 4 nitrogen and oxygen atoms in total. The Morgan fingerprint density at radius 1 is 1.37 bits per heavy atom. The molecule has 1 aromatic heterocycles. The van der Waals surface area contributed by atoms with Crippen molar-refractivity contribution in [3.63, 3.8) is 0 Å². The van der Waals surface area contributed by atoms with Crippen LogP contribution in [0.3, 0.4) is 0 Å². The SMILES string of the molecule is CCCC(C)c1cc(N(SF)SF)[nH]ncccn1. The molecule has 0 aliphatic heterocycles. The third-order valence-electron chi connectivity index (χ3n) is 2.48. The van der Waals surface area contributed by atoms with E-state index >= 15 is 0 Å². The Hall–Kier alpha value is -1.02. The Morgan fingerprint density at radius 2 is 2.11 bits per heavy atom. The molecule has 1 rings (SSSR count). The van der Waals surface area contributed by atoms with Gasteiger partial charge in [-0.3, -0.25) is 10.1 Å². The number of anilines is 1. The fourth-order valence-electron chi connectivity index (χ4n) is 1.55. The van der Waals surface area contributed by atoms with E-state index in [0.29, 0.717) is 0 Å². The van der Waals surface area contributed by atoms with Gasteiger partial charge in [-0.25, -0.2) is 0 Å². The number of hydrogen-bond acceptors (Lipinski definition) is 5. The molecule has 0 aliphatic carbocycles. The first-order chi connectivity index (χ1) is 9.22. The topological polar surface area (TPSA) is 44.8 Å². The van der Waals surface area contributed by atoms with Gasteiger partial charge in [0.15, 0.2) is 24.7 Å². The van der Waals surface area contributed by atoms with E-state index in [2.05, 4.69) is 22.1 Å². The van der Waals surface area contributed by atoms with Crippen LogP contribution in [0.25, 0.3) is 0 Å². The molecule has 1 unspecified atom stereocenters. The molecule has 0 saturated heterocycles. The fourth-order valence-corrected chi connectivity index (χ4v) is 1.97. The highest BCUT2D eigenvalue weighted by Gasteiger charge is 2.12. The van der Waals surface area contributed by atoms with Crippen LogP contribution in [0.2, 0.25) is 0 Å². The second-order valence-corrected chi connectivity index (χ2v) is 5.14. The number of nitrogens with one attached hydrogen (secondary N) is 1. The summed E-state index contributed by atoms with van der Waals surface area (Å²) >= 11 is -0.465. The Bertz CT molecular complexity index is 425. The molecule has 0 radical (unpaired) electrons. The van der Waals surface area contributed by atoms with Crippen molar-refractivity contribution in [3.05, 3.63) is 30.2 Å². The standard InChI is InChI=1S/C11H16F2N4S2/c1-3-5-9(2)10-8-11(17(18-12)19-13)16-15-7-4-6-14-10/h4,6-9,16H,3,5H2,1-2H3. The molecule has 8 heteroatoms. The number of aromatic nitrogens is 3. The highest BCUT2D eigenvalue weighted by molar-refractivity contribution is 8.13. The zero-order chi connectivity index (χ0) is 14.1. The van der Waals surface area contributed by atoms with E-state index in [1.165, 1.54) is 6.20 Å². The second-order valence-electron chi connectivity index (χ2n) is 3.90. The van der Waals surface area contributed by atoms with Gasteiger partial charge in [0.2, 0.25) is 0 Å². The molecule has 0 spiro atoms. The summed E-state index contributed by atoms with van der Waals surface area (Å²) in [5.74, 6) is 0.391. The maximum absolute atomic E-state index is 12.6. The largest absolute Gasteiger partial charge is 0.261 e. The molecule has 0 aromatic carbocycles. The number of hydrogen-bond donors (Lipinski definition) is 1. The van der Waals surface area contributed by atoms with Crippen molar-refractivity contribution in [3.8, 4) is 0 Å². The maximum atomic E-state index is 12.6. The van der Waals surface area contributed by atoms with Crippen LogP contribution >= 0.6 is 24.7 Å². The van der Waals surface area contributed by atoms with E-state index in [0.717, 1.165) is 22.2 Å². The van der Waals surface area contributed by atoms with Gasteiger partial charge in [-0.1, -0.05) is 20.3 Å². The third-order valence-corrected chi connectivity index (χ3v) is 3.46. The van der Waals surface area contributed by atoms with E-state index in [-0.39, 0.29) is 36.4 Å². The smallest absolute Gasteiger partial charge is 0.179 e. The zero-order valence-electron chi connectivity index (χ0n) is 10.7. The molecule has 106 valence electrons. The Morgan fingerprint density at radius 3 is 2.74 bits per heavy atom. The number of H-pyrrole nitrogens is 1. The first-order valence-corrected chi connectivity index (χ1v) is 7.18. The first-order valence-electron chi connectivity index (χ1n) is 5.84. The van der Waals surface area contributed by atoms with Gasteiger partial charge in [-0.15, -0.1) is 7.77 Å². The molecule has 19 heavy (non-hydrogen) atoms. The highest BCUT2D eigenvalue weighted by Crippen LogP contribution is 2.30. The average Bonchev–Trinajstić information content (AvgIpc) is 2.53. The molecular weight excluding hydrogens is 290 g/mol. The van der Waals surface area contributed by atoms with Crippen LogP contribution in [0, 0.1) is 0 Å². The minimum absolute atomic E-state index is 0.195. The van der Waals surface area contributed by atoms with Crippen molar-refractivity contribution in [1.29, 1.82) is 0 Å². The lowest BCUT2D eigenvalue weighted by molar-refractivity contribution is 0.648. The lowest BCUT2D eigenvalue weighted by Gasteiger charge is -2.12. The second kappa shape index (κ2) is 8.98. The molecular formula is C11H16F2N4S2. The van der Waals surface area contributed by atoms with Crippen LogP contribution in [0.4, 0.5) is 13.6 Å². The average molecular weight is 306 g/mol. The van der Waals surface area contributed by atoms with Crippen molar-refractivity contribution in [1.82, 2.24) is 15.2 Å². The summed E-state index contributed by atoms with van der Waals surface area (Å²) in [6.07, 6.45) is 5.04. The van der Waals surface area contributed by atoms with E-state index < -0.39 is 0 Å². The van der Waals surface area contributed by atoms with E-state index in [9.17, 15) is 7.77 Å². The Kier molecular flexibility index (Phi) is 7.57. The number of nitrogens with zero attached hydrogens (tertiary/aromatic N) is 3. The summed E-state index contributed by atoms with van der Waals surface area (Å²) in [4.78, 5) is 4.30. The van der Waals surface area contributed by atoms with Gasteiger partial charge < -0.3 is 0 Å². The number of rotatable bonds is 6. The van der Waals surface area contributed by atoms with Gasteiger partial charge in [-0.05, 0) is 18.4 Å². The van der Waals surface area contributed by atoms with Gasteiger partial charge in [0, 0.05) is 24.2 Å². The predicted molar refractivity (Wildman–Crippen MR) is 77.2 cm³/mol. The highest BCUT2D eigenvalue weighted by atomic mass is 32.3. The van der Waals surface area contributed by atoms with Crippen LogP contribution in [-0.2, 0) is 0 Å². The van der Waals surface area contributed by atoms with Crippen LogP contribution in [0.5, 0.6) is 0 Å². The van der Waals surface area contributed by atoms with Crippen molar-refractivity contribution in [2.24, 2.45) is 0 Å². The molecule has 0 aliphatic rings. The first kappa shape index (κ1) is 16.0. The minimum atomic E-state index is -0.232. The minimum Gasteiger partial charge on any atom is -0.261 e. The molecule has 1 aromatic rings. The molecule has 1 atom stereocenters. The normalized spacial score (nSPS) is 11.8. The summed E-state index contributed by atoms with van der Waals surface area (Å²) < 4.78 is 26.0. The molecule has 0 fully saturated rings. The molecule has 0 amide bonds. The van der Waals surface area contributed by atoms with Crippen molar-refractivity contribution in [2.75, 3.05) is 3.71 Å². The fraction of sp³-hybridized carbons (Fsp3) is 0.455. The quantitative estimate of drug-likeness (QED) is 0.771. The number of halogens is 2. The van der Waals surface area contributed by atoms with Gasteiger partial charge in [-0.2, -0.15) is 8.81 Å². The predicted octanol–water partition coefficient (Wildman–Crippen LogP) is 4.70. The Labute approximate surface area is 120 Å². The van der Waals surface area contributed by atoms with Crippen molar-refractivity contribution >= 4 is 30.5 Å². The lowest BCUT2D eigenvalue weighted by atomic mass is 10.0. The number of aromatic amines is 1. The van der Waals surface area contributed by atoms with E-state index in [1.807, 2.05) is 6.92 Å². The van der Waals surface area contributed by atoms with Gasteiger partial charge in [0.1, 0.15) is 5.82 Å². The van der Waals surface area contributed by atoms with Crippen LogP contribution < -0.4 is 3.71 Å². The maximum Gasteiger partial charge on any atom is 0.179 e. The Balaban J connectivity index is 3.24. The van der Waals surface area contributed by atoms with Crippen LogP contribution in [-0.4, -0.2) is 15.2 Å². The lowest BCUT2D eigenvalue weighted by Crippen LogP contribution is -2.03. The molecule has 0 bridgehead atoms. The summed E-state index contributed by atoms with van der Waals surface area (Å²) in [5, 5.41) is 6.42. The summed E-state index contributed by atoms with van der Waals surface area (Å²) in [7, 11) is 0. The van der Waals surface area contributed by atoms with E-state index in [4.69, 9.17) is 0 Å². The third kappa shape index (κ3) is 5.23. The van der Waals surface area contributed by atoms with E-state index in [1.54, 1.807) is 18.3 Å². The van der Waals surface area contributed by atoms with Crippen LogP contribution in [0.1, 0.15) is 38.3 Å². The monoisotopic (exact) mass is 306 g/mol. The molecule has 1 N–H and O–H groups in total. The van der Waals surface area contributed by atoms with Gasteiger partial charge in [0.05, 0.1) is 0 Å². The molecule has 0 saturated carbocycles. The van der Waals surface area contributed by atoms with Gasteiger partial charge >= 0.3 is 0 Å². The van der Waals surface area contributed by atoms with Crippen molar-refractivity contribution < 1.29 is 7.77 Å². The molecule has 1 heterocycles. The van der Waals surface area contributed by atoms with Crippen molar-refractivity contribution in [2.45, 2.75) is 32.6 Å².